The molecule has 0 bridgehead atoms. The molecule has 0 aromatic heterocycles. The molecule has 0 fully saturated rings. The van der Waals surface area contributed by atoms with Crippen molar-refractivity contribution in [2.75, 3.05) is 13.7 Å². The minimum Gasteiger partial charge on any atom is -0.459 e. The van der Waals surface area contributed by atoms with Crippen molar-refractivity contribution in [3.05, 3.63) is 0 Å². The Kier molecular flexibility index (Phi) is 4.81. The standard InChI is InChI=1S/C7H15NO3/c1-5(4-10-3)11-7(9)6(2)8/h5-6H,4,8H2,1-3H3/t5-,6?/m1/s1. The van der Waals surface area contributed by atoms with Crippen molar-refractivity contribution in [1.82, 2.24) is 0 Å². The van der Waals surface area contributed by atoms with E-state index < -0.39 is 12.0 Å². The molecule has 4 nitrogen and oxygen atoms in total. The van der Waals surface area contributed by atoms with Gasteiger partial charge in [0.15, 0.2) is 0 Å². The maximum atomic E-state index is 10.8. The van der Waals surface area contributed by atoms with E-state index in [4.69, 9.17) is 15.2 Å². The first-order chi connectivity index (χ1) is 5.07. The van der Waals surface area contributed by atoms with Crippen LogP contribution in [-0.4, -0.2) is 31.8 Å². The number of rotatable bonds is 4. The van der Waals surface area contributed by atoms with Gasteiger partial charge in [0, 0.05) is 7.11 Å². The maximum absolute atomic E-state index is 10.8. The van der Waals surface area contributed by atoms with Crippen LogP contribution in [0.5, 0.6) is 0 Å². The molecule has 0 saturated carbocycles. The van der Waals surface area contributed by atoms with Crippen LogP contribution in [0, 0.1) is 0 Å². The Labute approximate surface area is 66.7 Å². The van der Waals surface area contributed by atoms with Gasteiger partial charge in [-0.1, -0.05) is 0 Å². The van der Waals surface area contributed by atoms with Crippen LogP contribution in [-0.2, 0) is 14.3 Å². The second-order valence-electron chi connectivity index (χ2n) is 2.49. The van der Waals surface area contributed by atoms with E-state index in [0.29, 0.717) is 6.61 Å². The molecule has 0 amide bonds. The fourth-order valence-electron chi connectivity index (χ4n) is 0.574. The fraction of sp³-hybridized carbons (Fsp3) is 0.857. The van der Waals surface area contributed by atoms with Gasteiger partial charge < -0.3 is 15.2 Å². The Morgan fingerprint density at radius 2 is 2.09 bits per heavy atom. The molecule has 0 aromatic rings. The van der Waals surface area contributed by atoms with Crippen molar-refractivity contribution >= 4 is 5.97 Å². The molecule has 2 N–H and O–H groups in total. The molecule has 0 aromatic carbocycles. The minimum atomic E-state index is -0.561. The predicted octanol–water partition coefficient (Wildman–Crippen LogP) is -0.0883. The van der Waals surface area contributed by atoms with Crippen molar-refractivity contribution < 1.29 is 14.3 Å². The SMILES string of the molecule is COC[C@@H](C)OC(=O)C(C)N. The molecule has 2 atom stereocenters. The summed E-state index contributed by atoms with van der Waals surface area (Å²) in [6.07, 6.45) is -0.224. The Hall–Kier alpha value is -0.610. The molecule has 0 heterocycles. The molecule has 0 saturated heterocycles. The first-order valence-electron chi connectivity index (χ1n) is 3.53. The number of ether oxygens (including phenoxy) is 2. The van der Waals surface area contributed by atoms with Crippen LogP contribution in [0.2, 0.25) is 0 Å². The largest absolute Gasteiger partial charge is 0.459 e. The van der Waals surface area contributed by atoms with Gasteiger partial charge >= 0.3 is 5.97 Å². The second kappa shape index (κ2) is 5.09. The van der Waals surface area contributed by atoms with Crippen molar-refractivity contribution in [3.63, 3.8) is 0 Å². The number of nitrogens with two attached hydrogens (primary N) is 1. The third kappa shape index (κ3) is 4.75. The van der Waals surface area contributed by atoms with Crippen LogP contribution in [0.4, 0.5) is 0 Å². The number of carbonyl (C=O) groups is 1. The van der Waals surface area contributed by atoms with Gasteiger partial charge in [-0.2, -0.15) is 0 Å². The summed E-state index contributed by atoms with van der Waals surface area (Å²) in [7, 11) is 1.55. The lowest BCUT2D eigenvalue weighted by Gasteiger charge is -2.13. The Balaban J connectivity index is 3.57. The summed E-state index contributed by atoms with van der Waals surface area (Å²) in [6.45, 7) is 3.74. The number of hydrogen-bond donors (Lipinski definition) is 1. The van der Waals surface area contributed by atoms with Crippen LogP contribution >= 0.6 is 0 Å². The summed E-state index contributed by atoms with van der Waals surface area (Å²) < 4.78 is 9.63. The summed E-state index contributed by atoms with van der Waals surface area (Å²) in [5, 5.41) is 0. The molecule has 0 aliphatic rings. The molecule has 1 unspecified atom stereocenters. The van der Waals surface area contributed by atoms with Crippen molar-refractivity contribution in [1.29, 1.82) is 0 Å². The minimum absolute atomic E-state index is 0.224. The quantitative estimate of drug-likeness (QED) is 0.585. The summed E-state index contributed by atoms with van der Waals surface area (Å²) in [5.41, 5.74) is 5.27. The number of methoxy groups -OCH3 is 1. The average molecular weight is 161 g/mol. The highest BCUT2D eigenvalue weighted by molar-refractivity contribution is 5.75. The monoisotopic (exact) mass is 161 g/mol. The van der Waals surface area contributed by atoms with E-state index in [1.807, 2.05) is 0 Å². The molecule has 0 aliphatic heterocycles. The zero-order valence-corrected chi connectivity index (χ0v) is 7.16. The highest BCUT2D eigenvalue weighted by Gasteiger charge is 2.12. The third-order valence-corrected chi connectivity index (χ3v) is 1.09. The number of hydrogen-bond acceptors (Lipinski definition) is 4. The van der Waals surface area contributed by atoms with Crippen molar-refractivity contribution in [2.45, 2.75) is 26.0 Å². The Morgan fingerprint density at radius 1 is 1.55 bits per heavy atom. The Bertz CT molecular complexity index is 125. The van der Waals surface area contributed by atoms with Crippen LogP contribution in [0.3, 0.4) is 0 Å². The van der Waals surface area contributed by atoms with Crippen LogP contribution in [0.15, 0.2) is 0 Å². The zero-order chi connectivity index (χ0) is 8.85. The summed E-state index contributed by atoms with van der Waals surface area (Å²) >= 11 is 0. The van der Waals surface area contributed by atoms with E-state index in [9.17, 15) is 4.79 Å². The summed E-state index contributed by atoms with van der Waals surface area (Å²) in [6, 6.07) is -0.561. The fourth-order valence-corrected chi connectivity index (χ4v) is 0.574. The lowest BCUT2D eigenvalue weighted by atomic mass is 10.3. The highest BCUT2D eigenvalue weighted by Crippen LogP contribution is 1.93. The molecule has 11 heavy (non-hydrogen) atoms. The summed E-state index contributed by atoms with van der Waals surface area (Å²) in [5.74, 6) is -0.394. The van der Waals surface area contributed by atoms with Gasteiger partial charge in [0.05, 0.1) is 6.61 Å². The highest BCUT2D eigenvalue weighted by atomic mass is 16.6. The molecule has 0 rings (SSSR count). The van der Waals surface area contributed by atoms with E-state index in [0.717, 1.165) is 0 Å². The zero-order valence-electron chi connectivity index (χ0n) is 7.16. The molecule has 0 spiro atoms. The number of esters is 1. The predicted molar refractivity (Wildman–Crippen MR) is 41.1 cm³/mol. The molecular weight excluding hydrogens is 146 g/mol. The smallest absolute Gasteiger partial charge is 0.322 e. The van der Waals surface area contributed by atoms with Crippen LogP contribution in [0.25, 0.3) is 0 Å². The lowest BCUT2D eigenvalue weighted by Crippen LogP contribution is -2.32. The van der Waals surface area contributed by atoms with Gasteiger partial charge in [0.25, 0.3) is 0 Å². The molecule has 0 aliphatic carbocycles. The van der Waals surface area contributed by atoms with Gasteiger partial charge in [-0.25, -0.2) is 0 Å². The normalized spacial score (nSPS) is 15.6. The molecular formula is C7H15NO3. The topological polar surface area (TPSA) is 61.5 Å². The average Bonchev–Trinajstić information content (AvgIpc) is 1.87. The van der Waals surface area contributed by atoms with E-state index in [1.165, 1.54) is 0 Å². The van der Waals surface area contributed by atoms with E-state index in [2.05, 4.69) is 0 Å². The third-order valence-electron chi connectivity index (χ3n) is 1.09. The first-order valence-corrected chi connectivity index (χ1v) is 3.53. The van der Waals surface area contributed by atoms with Gasteiger partial charge in [0.2, 0.25) is 0 Å². The van der Waals surface area contributed by atoms with Crippen molar-refractivity contribution in [2.24, 2.45) is 5.73 Å². The molecule has 4 heteroatoms. The van der Waals surface area contributed by atoms with Crippen molar-refractivity contribution in [3.8, 4) is 0 Å². The first kappa shape index (κ1) is 10.4. The van der Waals surface area contributed by atoms with E-state index >= 15 is 0 Å². The second-order valence-corrected chi connectivity index (χ2v) is 2.49. The molecule has 66 valence electrons. The number of carbonyl (C=O) groups excluding carboxylic acids is 1. The lowest BCUT2D eigenvalue weighted by molar-refractivity contribution is -0.151. The van der Waals surface area contributed by atoms with E-state index in [1.54, 1.807) is 21.0 Å². The molecule has 0 radical (unpaired) electrons. The van der Waals surface area contributed by atoms with Gasteiger partial charge in [0.1, 0.15) is 12.1 Å². The van der Waals surface area contributed by atoms with Gasteiger partial charge in [-0.15, -0.1) is 0 Å². The van der Waals surface area contributed by atoms with E-state index in [-0.39, 0.29) is 6.10 Å². The Morgan fingerprint density at radius 3 is 2.45 bits per heavy atom. The van der Waals surface area contributed by atoms with Gasteiger partial charge in [-0.05, 0) is 13.8 Å². The van der Waals surface area contributed by atoms with Crippen LogP contribution < -0.4 is 5.73 Å². The maximum Gasteiger partial charge on any atom is 0.322 e. The van der Waals surface area contributed by atoms with Gasteiger partial charge in [-0.3, -0.25) is 4.79 Å². The summed E-state index contributed by atoms with van der Waals surface area (Å²) in [4.78, 5) is 10.8. The van der Waals surface area contributed by atoms with Crippen LogP contribution in [0.1, 0.15) is 13.8 Å².